The van der Waals surface area contributed by atoms with Gasteiger partial charge < -0.3 is 5.32 Å². The Morgan fingerprint density at radius 3 is 2.30 bits per heavy atom. The number of aromatic nitrogens is 3. The standard InChI is InChI=1S/C27H28N4OS/c1-18-13-14-23(21(4)15-18)31-24(16-22-11-6-5-7-12-22)29-30-27(31)33-17-25(32)28-26-19(2)9-8-10-20(26)3/h5-15H,16-17H2,1-4H3,(H,28,32). The molecule has 5 nitrogen and oxygen atoms in total. The smallest absolute Gasteiger partial charge is 0.234 e. The first-order valence-electron chi connectivity index (χ1n) is 11.0. The summed E-state index contributed by atoms with van der Waals surface area (Å²) in [5, 5.41) is 12.7. The van der Waals surface area contributed by atoms with Crippen LogP contribution in [0.1, 0.15) is 33.6 Å². The number of thioether (sulfide) groups is 1. The second-order valence-corrected chi connectivity index (χ2v) is 9.23. The Balaban J connectivity index is 1.60. The number of nitrogens with one attached hydrogen (secondary N) is 1. The third kappa shape index (κ3) is 5.34. The van der Waals surface area contributed by atoms with Gasteiger partial charge in [-0.25, -0.2) is 0 Å². The van der Waals surface area contributed by atoms with Crippen LogP contribution in [-0.2, 0) is 11.2 Å². The van der Waals surface area contributed by atoms with Gasteiger partial charge in [0.15, 0.2) is 5.16 Å². The number of anilines is 1. The van der Waals surface area contributed by atoms with E-state index in [1.165, 1.54) is 22.9 Å². The molecule has 0 bridgehead atoms. The van der Waals surface area contributed by atoms with Crippen molar-refractivity contribution in [3.8, 4) is 5.69 Å². The Labute approximate surface area is 199 Å². The van der Waals surface area contributed by atoms with Gasteiger partial charge in [-0.05, 0) is 56.0 Å². The number of rotatable bonds is 7. The van der Waals surface area contributed by atoms with Gasteiger partial charge in [-0.2, -0.15) is 0 Å². The van der Waals surface area contributed by atoms with Crippen molar-refractivity contribution in [1.29, 1.82) is 0 Å². The summed E-state index contributed by atoms with van der Waals surface area (Å²) in [6.45, 7) is 8.18. The molecule has 0 radical (unpaired) electrons. The lowest BCUT2D eigenvalue weighted by Gasteiger charge is -2.14. The molecule has 4 aromatic rings. The van der Waals surface area contributed by atoms with Gasteiger partial charge in [0.1, 0.15) is 5.82 Å². The lowest BCUT2D eigenvalue weighted by molar-refractivity contribution is -0.113. The molecule has 1 aromatic heterocycles. The largest absolute Gasteiger partial charge is 0.325 e. The fraction of sp³-hybridized carbons (Fsp3) is 0.222. The van der Waals surface area contributed by atoms with Gasteiger partial charge in [0, 0.05) is 12.1 Å². The molecule has 33 heavy (non-hydrogen) atoms. The molecule has 0 spiro atoms. The number of hydrogen-bond donors (Lipinski definition) is 1. The number of nitrogens with zero attached hydrogens (tertiary/aromatic N) is 3. The zero-order valence-electron chi connectivity index (χ0n) is 19.4. The fourth-order valence-corrected chi connectivity index (χ4v) is 4.67. The van der Waals surface area contributed by atoms with Crippen molar-refractivity contribution in [2.75, 3.05) is 11.1 Å². The van der Waals surface area contributed by atoms with E-state index in [0.29, 0.717) is 11.6 Å². The van der Waals surface area contributed by atoms with Crippen molar-refractivity contribution in [2.45, 2.75) is 39.3 Å². The van der Waals surface area contributed by atoms with E-state index in [9.17, 15) is 4.79 Å². The van der Waals surface area contributed by atoms with Crippen molar-refractivity contribution >= 4 is 23.4 Å². The van der Waals surface area contributed by atoms with Crippen LogP contribution in [0, 0.1) is 27.7 Å². The van der Waals surface area contributed by atoms with E-state index >= 15 is 0 Å². The summed E-state index contributed by atoms with van der Waals surface area (Å²) in [6, 6.07) is 22.6. The maximum absolute atomic E-state index is 12.8. The first kappa shape index (κ1) is 22.8. The highest BCUT2D eigenvalue weighted by Crippen LogP contribution is 2.27. The predicted molar refractivity (Wildman–Crippen MR) is 135 cm³/mol. The molecule has 1 heterocycles. The van der Waals surface area contributed by atoms with Crippen molar-refractivity contribution in [2.24, 2.45) is 0 Å². The summed E-state index contributed by atoms with van der Waals surface area (Å²) in [5.41, 5.74) is 7.54. The van der Waals surface area contributed by atoms with Crippen molar-refractivity contribution in [3.05, 3.63) is 100 Å². The Morgan fingerprint density at radius 1 is 0.879 bits per heavy atom. The van der Waals surface area contributed by atoms with Crippen LogP contribution in [0.25, 0.3) is 5.69 Å². The van der Waals surface area contributed by atoms with E-state index in [2.05, 4.69) is 64.3 Å². The minimum absolute atomic E-state index is 0.0582. The topological polar surface area (TPSA) is 59.8 Å². The number of hydrogen-bond acceptors (Lipinski definition) is 4. The van der Waals surface area contributed by atoms with Gasteiger partial charge in [0.25, 0.3) is 0 Å². The second kappa shape index (κ2) is 10.0. The Hall–Kier alpha value is -3.38. The van der Waals surface area contributed by atoms with Crippen molar-refractivity contribution in [1.82, 2.24) is 14.8 Å². The fourth-order valence-electron chi connectivity index (χ4n) is 3.90. The number of para-hydroxylation sites is 1. The lowest BCUT2D eigenvalue weighted by Crippen LogP contribution is -2.16. The SMILES string of the molecule is Cc1ccc(-n2c(Cc3ccccc3)nnc2SCC(=O)Nc2c(C)cccc2C)c(C)c1. The van der Waals surface area contributed by atoms with Crippen LogP contribution >= 0.6 is 11.8 Å². The molecule has 0 saturated carbocycles. The molecule has 0 atom stereocenters. The predicted octanol–water partition coefficient (Wildman–Crippen LogP) is 5.82. The van der Waals surface area contributed by atoms with Gasteiger partial charge >= 0.3 is 0 Å². The van der Waals surface area contributed by atoms with Crippen LogP contribution in [0.2, 0.25) is 0 Å². The summed E-state index contributed by atoms with van der Waals surface area (Å²) < 4.78 is 2.08. The Bertz CT molecular complexity index is 1260. The lowest BCUT2D eigenvalue weighted by atomic mass is 10.1. The molecule has 1 amide bonds. The van der Waals surface area contributed by atoms with Crippen LogP contribution in [-0.4, -0.2) is 26.4 Å². The molecule has 1 N–H and O–H groups in total. The zero-order valence-corrected chi connectivity index (χ0v) is 20.2. The van der Waals surface area contributed by atoms with E-state index in [-0.39, 0.29) is 11.7 Å². The summed E-state index contributed by atoms with van der Waals surface area (Å²) >= 11 is 1.40. The molecule has 0 aliphatic carbocycles. The number of benzene rings is 3. The number of carbonyl (C=O) groups excluding carboxylic acids is 1. The Kier molecular flexibility index (Phi) is 6.94. The highest BCUT2D eigenvalue weighted by atomic mass is 32.2. The summed E-state index contributed by atoms with van der Waals surface area (Å²) in [4.78, 5) is 12.8. The molecular formula is C27H28N4OS. The number of carbonyl (C=O) groups is 1. The first-order chi connectivity index (χ1) is 15.9. The average molecular weight is 457 g/mol. The van der Waals surface area contributed by atoms with Crippen molar-refractivity contribution in [3.63, 3.8) is 0 Å². The van der Waals surface area contributed by atoms with Gasteiger partial charge in [0.2, 0.25) is 5.91 Å². The minimum atomic E-state index is -0.0582. The number of aryl methyl sites for hydroxylation is 4. The van der Waals surface area contributed by atoms with E-state index in [1.807, 2.05) is 50.2 Å². The van der Waals surface area contributed by atoms with Gasteiger partial charge in [-0.3, -0.25) is 9.36 Å². The molecular weight excluding hydrogens is 428 g/mol. The van der Waals surface area contributed by atoms with E-state index in [4.69, 9.17) is 0 Å². The Morgan fingerprint density at radius 2 is 1.61 bits per heavy atom. The van der Waals surface area contributed by atoms with Crippen LogP contribution in [0.15, 0.2) is 71.9 Å². The highest BCUT2D eigenvalue weighted by Gasteiger charge is 2.18. The highest BCUT2D eigenvalue weighted by molar-refractivity contribution is 7.99. The maximum Gasteiger partial charge on any atom is 0.234 e. The van der Waals surface area contributed by atoms with Crippen LogP contribution in [0.4, 0.5) is 5.69 Å². The molecule has 0 unspecified atom stereocenters. The molecule has 0 aliphatic heterocycles. The quantitative estimate of drug-likeness (QED) is 0.356. The molecule has 6 heteroatoms. The third-order valence-corrected chi connectivity index (χ3v) is 6.51. The molecule has 3 aromatic carbocycles. The second-order valence-electron chi connectivity index (χ2n) is 8.29. The van der Waals surface area contributed by atoms with Crippen molar-refractivity contribution < 1.29 is 4.79 Å². The monoisotopic (exact) mass is 456 g/mol. The molecule has 0 fully saturated rings. The van der Waals surface area contributed by atoms with Gasteiger partial charge in [-0.15, -0.1) is 10.2 Å². The summed E-state index contributed by atoms with van der Waals surface area (Å²) in [6.07, 6.45) is 0.663. The van der Waals surface area contributed by atoms with E-state index in [1.54, 1.807) is 0 Å². The van der Waals surface area contributed by atoms with Gasteiger partial charge in [0.05, 0.1) is 11.4 Å². The molecule has 4 rings (SSSR count). The first-order valence-corrected chi connectivity index (χ1v) is 12.0. The summed E-state index contributed by atoms with van der Waals surface area (Å²) in [5.74, 6) is 1.05. The van der Waals surface area contributed by atoms with Gasteiger partial charge in [-0.1, -0.05) is 78.0 Å². The average Bonchev–Trinajstić information content (AvgIpc) is 3.18. The third-order valence-electron chi connectivity index (χ3n) is 5.58. The molecule has 0 aliphatic rings. The van der Waals surface area contributed by atoms with Crippen LogP contribution in [0.3, 0.4) is 0 Å². The maximum atomic E-state index is 12.8. The van der Waals surface area contributed by atoms with E-state index in [0.717, 1.165) is 33.9 Å². The normalized spacial score (nSPS) is 10.9. The number of amides is 1. The molecule has 168 valence electrons. The van der Waals surface area contributed by atoms with Crippen LogP contribution < -0.4 is 5.32 Å². The van der Waals surface area contributed by atoms with E-state index < -0.39 is 0 Å². The minimum Gasteiger partial charge on any atom is -0.325 e. The van der Waals surface area contributed by atoms with Crippen LogP contribution in [0.5, 0.6) is 0 Å². The summed E-state index contributed by atoms with van der Waals surface area (Å²) in [7, 11) is 0. The zero-order chi connectivity index (χ0) is 23.4. The molecule has 0 saturated heterocycles.